The number of ether oxygens (including phenoxy) is 2. The maximum atomic E-state index is 11.9. The fourth-order valence-electron chi connectivity index (χ4n) is 1.96. The van der Waals surface area contributed by atoms with Crippen LogP contribution in [0.2, 0.25) is 0 Å². The molecule has 1 fully saturated rings. The molecule has 114 valence electrons. The van der Waals surface area contributed by atoms with Crippen LogP contribution in [0.25, 0.3) is 0 Å². The summed E-state index contributed by atoms with van der Waals surface area (Å²) < 4.78 is 10.7. The summed E-state index contributed by atoms with van der Waals surface area (Å²) in [5.41, 5.74) is 5.61. The van der Waals surface area contributed by atoms with Crippen LogP contribution in [-0.4, -0.2) is 44.2 Å². The molecule has 1 heterocycles. The van der Waals surface area contributed by atoms with Gasteiger partial charge >= 0.3 is 0 Å². The molecule has 2 amide bonds. The van der Waals surface area contributed by atoms with Gasteiger partial charge < -0.3 is 25.8 Å². The van der Waals surface area contributed by atoms with Crippen LogP contribution in [-0.2, 0) is 9.53 Å². The van der Waals surface area contributed by atoms with Gasteiger partial charge in [-0.25, -0.2) is 0 Å². The molecule has 0 atom stereocenters. The number of primary amides is 1. The van der Waals surface area contributed by atoms with E-state index in [9.17, 15) is 9.59 Å². The molecule has 1 saturated heterocycles. The maximum absolute atomic E-state index is 11.9. The Morgan fingerprint density at radius 3 is 2.67 bits per heavy atom. The normalized spacial score (nSPS) is 15.9. The second-order valence-electron chi connectivity index (χ2n) is 5.17. The number of carbonyl (C=O) groups excluding carboxylic acids is 2. The smallest absolute Gasteiger partial charge is 0.250 e. The Balaban J connectivity index is 2.01. The van der Waals surface area contributed by atoms with Crippen LogP contribution >= 0.6 is 0 Å². The van der Waals surface area contributed by atoms with Crippen molar-refractivity contribution in [3.63, 3.8) is 0 Å². The zero-order valence-electron chi connectivity index (χ0n) is 12.1. The molecular formula is C14H19N3O4. The molecule has 7 nitrogen and oxygen atoms in total. The van der Waals surface area contributed by atoms with Crippen molar-refractivity contribution in [2.75, 3.05) is 32.1 Å². The van der Waals surface area contributed by atoms with E-state index in [1.165, 1.54) is 19.2 Å². The van der Waals surface area contributed by atoms with Gasteiger partial charge in [-0.15, -0.1) is 0 Å². The lowest BCUT2D eigenvalue weighted by Crippen LogP contribution is -2.59. The maximum Gasteiger partial charge on any atom is 0.250 e. The van der Waals surface area contributed by atoms with Crippen molar-refractivity contribution in [2.24, 2.45) is 5.73 Å². The van der Waals surface area contributed by atoms with E-state index in [1.54, 1.807) is 6.07 Å². The van der Waals surface area contributed by atoms with Crippen molar-refractivity contribution >= 4 is 17.5 Å². The highest BCUT2D eigenvalue weighted by Crippen LogP contribution is 2.25. The fraction of sp³-hybridized carbons (Fsp3) is 0.429. The largest absolute Gasteiger partial charge is 0.495 e. The van der Waals surface area contributed by atoms with Gasteiger partial charge in [0.25, 0.3) is 5.91 Å². The lowest BCUT2D eigenvalue weighted by Gasteiger charge is -2.38. The van der Waals surface area contributed by atoms with Gasteiger partial charge in [0.2, 0.25) is 5.91 Å². The minimum absolute atomic E-state index is 0.0673. The van der Waals surface area contributed by atoms with Crippen molar-refractivity contribution in [2.45, 2.75) is 12.5 Å². The molecule has 0 aliphatic carbocycles. The SMILES string of the molecule is COc1ccc(C(N)=O)cc1NC(=O)COC1(C)CNC1. The van der Waals surface area contributed by atoms with E-state index in [4.69, 9.17) is 15.2 Å². The Bertz CT molecular complexity index is 555. The molecule has 0 spiro atoms. The highest BCUT2D eigenvalue weighted by Gasteiger charge is 2.33. The van der Waals surface area contributed by atoms with E-state index in [0.717, 1.165) is 13.1 Å². The molecule has 0 saturated carbocycles. The number of hydrogen-bond acceptors (Lipinski definition) is 5. The van der Waals surface area contributed by atoms with Crippen molar-refractivity contribution in [3.05, 3.63) is 23.8 Å². The summed E-state index contributed by atoms with van der Waals surface area (Å²) in [5, 5.41) is 5.75. The Kier molecular flexibility index (Phi) is 4.44. The monoisotopic (exact) mass is 293 g/mol. The molecule has 0 bridgehead atoms. The van der Waals surface area contributed by atoms with E-state index in [-0.39, 0.29) is 18.1 Å². The third-order valence-corrected chi connectivity index (χ3v) is 3.31. The van der Waals surface area contributed by atoms with Gasteiger partial charge in [0.1, 0.15) is 12.4 Å². The van der Waals surface area contributed by atoms with Crippen molar-refractivity contribution in [1.29, 1.82) is 0 Å². The van der Waals surface area contributed by atoms with E-state index in [1.807, 2.05) is 6.92 Å². The quantitative estimate of drug-likeness (QED) is 0.691. The molecule has 1 aliphatic heterocycles. The Morgan fingerprint density at radius 2 is 2.14 bits per heavy atom. The topological polar surface area (TPSA) is 103 Å². The number of carbonyl (C=O) groups is 2. The number of hydrogen-bond donors (Lipinski definition) is 3. The number of rotatable bonds is 6. The highest BCUT2D eigenvalue weighted by molar-refractivity contribution is 5.97. The van der Waals surface area contributed by atoms with Crippen LogP contribution in [0.4, 0.5) is 5.69 Å². The lowest BCUT2D eigenvalue weighted by molar-refractivity contribution is -0.130. The Morgan fingerprint density at radius 1 is 1.43 bits per heavy atom. The minimum Gasteiger partial charge on any atom is -0.495 e. The van der Waals surface area contributed by atoms with Crippen LogP contribution < -0.4 is 21.1 Å². The van der Waals surface area contributed by atoms with Crippen LogP contribution in [0.5, 0.6) is 5.75 Å². The molecule has 0 radical (unpaired) electrons. The van der Waals surface area contributed by atoms with E-state index in [2.05, 4.69) is 10.6 Å². The lowest BCUT2D eigenvalue weighted by atomic mass is 10.0. The number of nitrogens with two attached hydrogens (primary N) is 1. The predicted molar refractivity (Wildman–Crippen MR) is 77.4 cm³/mol. The Labute approximate surface area is 122 Å². The second kappa shape index (κ2) is 6.11. The summed E-state index contributed by atoms with van der Waals surface area (Å²) in [6.45, 7) is 3.31. The van der Waals surface area contributed by atoms with E-state index < -0.39 is 5.91 Å². The molecule has 1 aliphatic rings. The molecule has 0 unspecified atom stereocenters. The summed E-state index contributed by atoms with van der Waals surface area (Å²) in [7, 11) is 1.48. The predicted octanol–water partition coefficient (Wildman–Crippen LogP) is 0.111. The average Bonchev–Trinajstić information content (AvgIpc) is 2.43. The van der Waals surface area contributed by atoms with Gasteiger partial charge in [0, 0.05) is 18.7 Å². The van der Waals surface area contributed by atoms with Crippen LogP contribution in [0, 0.1) is 0 Å². The average molecular weight is 293 g/mol. The molecule has 0 aromatic heterocycles. The zero-order valence-corrected chi connectivity index (χ0v) is 12.1. The van der Waals surface area contributed by atoms with Gasteiger partial charge in [0.05, 0.1) is 18.4 Å². The highest BCUT2D eigenvalue weighted by atomic mass is 16.5. The van der Waals surface area contributed by atoms with Crippen LogP contribution in [0.1, 0.15) is 17.3 Å². The number of benzene rings is 1. The summed E-state index contributed by atoms with van der Waals surface area (Å²) in [6.07, 6.45) is 0. The van der Waals surface area contributed by atoms with Crippen molar-refractivity contribution in [3.8, 4) is 5.75 Å². The van der Waals surface area contributed by atoms with Gasteiger partial charge in [-0.05, 0) is 25.1 Å². The van der Waals surface area contributed by atoms with Crippen LogP contribution in [0.3, 0.4) is 0 Å². The number of amides is 2. The van der Waals surface area contributed by atoms with Gasteiger partial charge in [-0.3, -0.25) is 9.59 Å². The molecule has 1 aromatic carbocycles. The standard InChI is InChI=1S/C14H19N3O4/c1-14(7-16-8-14)21-6-12(18)17-10-5-9(13(15)19)3-4-11(10)20-2/h3-5,16H,6-8H2,1-2H3,(H2,15,19)(H,17,18). The summed E-state index contributed by atoms with van der Waals surface area (Å²) >= 11 is 0. The van der Waals surface area contributed by atoms with Gasteiger partial charge in [-0.1, -0.05) is 0 Å². The van der Waals surface area contributed by atoms with Gasteiger partial charge in [-0.2, -0.15) is 0 Å². The summed E-state index contributed by atoms with van der Waals surface area (Å²) in [5.74, 6) is -0.439. The van der Waals surface area contributed by atoms with E-state index in [0.29, 0.717) is 17.0 Å². The second-order valence-corrected chi connectivity index (χ2v) is 5.17. The molecule has 2 rings (SSSR count). The van der Waals surface area contributed by atoms with Gasteiger partial charge in [0.15, 0.2) is 0 Å². The van der Waals surface area contributed by atoms with E-state index >= 15 is 0 Å². The van der Waals surface area contributed by atoms with Crippen LogP contribution in [0.15, 0.2) is 18.2 Å². The third-order valence-electron chi connectivity index (χ3n) is 3.31. The minimum atomic E-state index is -0.572. The number of nitrogens with one attached hydrogen (secondary N) is 2. The third kappa shape index (κ3) is 3.71. The first kappa shape index (κ1) is 15.3. The molecular weight excluding hydrogens is 274 g/mol. The molecule has 21 heavy (non-hydrogen) atoms. The molecule has 1 aromatic rings. The Hall–Kier alpha value is -2.12. The number of anilines is 1. The van der Waals surface area contributed by atoms with Crippen molar-refractivity contribution < 1.29 is 19.1 Å². The summed E-state index contributed by atoms with van der Waals surface area (Å²) in [4.78, 5) is 23.1. The number of methoxy groups -OCH3 is 1. The first-order valence-electron chi connectivity index (χ1n) is 6.56. The fourth-order valence-corrected chi connectivity index (χ4v) is 1.96. The summed E-state index contributed by atoms with van der Waals surface area (Å²) in [6, 6.07) is 4.59. The molecule has 7 heteroatoms. The zero-order chi connectivity index (χ0) is 15.5. The van der Waals surface area contributed by atoms with Crippen molar-refractivity contribution in [1.82, 2.24) is 5.32 Å². The first-order chi connectivity index (χ1) is 9.93. The molecule has 4 N–H and O–H groups in total. The first-order valence-corrected chi connectivity index (χ1v) is 6.56.